The zero-order valence-electron chi connectivity index (χ0n) is 7.57. The van der Waals surface area contributed by atoms with Gasteiger partial charge in [0, 0.05) is 11.9 Å². The van der Waals surface area contributed by atoms with Crippen LogP contribution in [-0.2, 0) is 9.59 Å². The third-order valence-electron chi connectivity index (χ3n) is 1.82. The Morgan fingerprint density at radius 3 is 1.07 bits per heavy atom. The van der Waals surface area contributed by atoms with E-state index < -0.39 is 11.9 Å². The molecule has 0 N–H and O–H groups in total. The van der Waals surface area contributed by atoms with Gasteiger partial charge in [0.2, 0.25) is 0 Å². The summed E-state index contributed by atoms with van der Waals surface area (Å²) < 4.78 is 0. The number of aliphatic carboxylic acids is 2. The van der Waals surface area contributed by atoms with Crippen LogP contribution >= 0.6 is 0 Å². The molecule has 14 heavy (non-hydrogen) atoms. The fraction of sp³-hybridized carbons (Fsp3) is 0.750. The molecule has 0 aliphatic heterocycles. The van der Waals surface area contributed by atoms with Gasteiger partial charge in [0.1, 0.15) is 0 Å². The fourth-order valence-corrected chi connectivity index (χ4v) is 0.638. The number of hydrogen-bond donors (Lipinski definition) is 0. The van der Waals surface area contributed by atoms with Crippen molar-refractivity contribution in [3.05, 3.63) is 0 Å². The summed E-state index contributed by atoms with van der Waals surface area (Å²) in [7, 11) is 0. The maximum absolute atomic E-state index is 9.65. The van der Waals surface area contributed by atoms with Gasteiger partial charge in [0.05, 0.1) is 0 Å². The molecule has 0 aromatic rings. The monoisotopic (exact) mass is 320 g/mol. The van der Waals surface area contributed by atoms with E-state index in [0.29, 0.717) is 0 Å². The van der Waals surface area contributed by atoms with E-state index in [1.807, 2.05) is 0 Å². The third kappa shape index (κ3) is 7.50. The van der Waals surface area contributed by atoms with E-state index in [2.05, 4.69) is 0 Å². The second-order valence-corrected chi connectivity index (χ2v) is 3.19. The van der Waals surface area contributed by atoms with Gasteiger partial charge in [-0.15, -0.1) is 0 Å². The first-order chi connectivity index (χ1) is 5.61. The molecule has 0 radical (unpaired) electrons. The molecule has 0 amide bonds. The van der Waals surface area contributed by atoms with Crippen LogP contribution in [0.1, 0.15) is 25.7 Å². The molecule has 0 unspecified atom stereocenters. The van der Waals surface area contributed by atoms with Crippen molar-refractivity contribution in [1.82, 2.24) is 0 Å². The van der Waals surface area contributed by atoms with Crippen molar-refractivity contribution in [2.45, 2.75) is 25.7 Å². The number of carbonyl (C=O) groups is 2. The zero-order valence-corrected chi connectivity index (χ0v) is 11.6. The van der Waals surface area contributed by atoms with Crippen LogP contribution in [0.4, 0.5) is 0 Å². The molecule has 0 aromatic heterocycles. The Bertz CT molecular complexity index is 180. The zero-order chi connectivity index (χ0) is 9.14. The minimum Gasteiger partial charge on any atom is -1.00 e. The molecule has 76 valence electrons. The second-order valence-electron chi connectivity index (χ2n) is 3.19. The van der Waals surface area contributed by atoms with Gasteiger partial charge in [-0.25, -0.2) is 0 Å². The van der Waals surface area contributed by atoms with E-state index in [1.54, 1.807) is 0 Å². The largest absolute Gasteiger partial charge is 3.00 e. The average Bonchev–Trinajstić information content (AvgIpc) is 2.85. The molecule has 0 saturated heterocycles. The number of rotatable bonds is 2. The Balaban J connectivity index is 0. The molecule has 0 atom stereocenters. The average molecular weight is 320 g/mol. The Morgan fingerprint density at radius 2 is 1.07 bits per heavy atom. The van der Waals surface area contributed by atoms with Gasteiger partial charge < -0.3 is 32.2 Å². The first-order valence-electron chi connectivity index (χ1n) is 4.03. The molecule has 6 heteroatoms. The smallest absolute Gasteiger partial charge is 1.00 e. The van der Waals surface area contributed by atoms with Crippen LogP contribution in [-0.4, -0.2) is 37.8 Å². The van der Waals surface area contributed by atoms with Crippen molar-refractivity contribution >= 4 is 37.8 Å². The van der Waals surface area contributed by atoms with Gasteiger partial charge in [0.25, 0.3) is 0 Å². The Hall–Kier alpha value is 0.100. The summed E-state index contributed by atoms with van der Waals surface area (Å²) in [4.78, 5) is 19.3. The van der Waals surface area contributed by atoms with Crippen molar-refractivity contribution in [3.63, 3.8) is 0 Å². The van der Waals surface area contributed by atoms with Crippen LogP contribution < -0.4 is 22.6 Å². The van der Waals surface area contributed by atoms with Gasteiger partial charge >= 0.3 is 25.8 Å². The molecule has 2 aliphatic carbocycles. The molecule has 2 aliphatic rings. The molecule has 2 fully saturated rings. The van der Waals surface area contributed by atoms with Crippen LogP contribution in [0.15, 0.2) is 0 Å². The molecule has 4 nitrogen and oxygen atoms in total. The van der Waals surface area contributed by atoms with E-state index >= 15 is 0 Å². The molecule has 0 aromatic carbocycles. The standard InChI is InChI=1S/2C4H6O2.ClH.In/c2*5-4(6)3-1-2-3;;/h2*3H,1-2H2,(H,5,6);1H;/q;;;+3/p-3. The maximum atomic E-state index is 9.65. The topological polar surface area (TPSA) is 80.3 Å². The van der Waals surface area contributed by atoms with Crippen molar-refractivity contribution in [1.29, 1.82) is 0 Å². The van der Waals surface area contributed by atoms with Gasteiger partial charge in [-0.1, -0.05) is 0 Å². The number of halogens is 1. The number of carbonyl (C=O) groups excluding carboxylic acids is 2. The third-order valence-corrected chi connectivity index (χ3v) is 1.82. The van der Waals surface area contributed by atoms with Gasteiger partial charge in [-0.05, 0) is 37.5 Å². The second kappa shape index (κ2) is 7.40. The summed E-state index contributed by atoms with van der Waals surface area (Å²) >= 11 is 0. The van der Waals surface area contributed by atoms with Gasteiger partial charge in [-0.2, -0.15) is 0 Å². The van der Waals surface area contributed by atoms with E-state index in [0.717, 1.165) is 25.7 Å². The summed E-state index contributed by atoms with van der Waals surface area (Å²) in [5, 5.41) is 19.3. The Morgan fingerprint density at radius 1 is 0.857 bits per heavy atom. The molecule has 0 spiro atoms. The normalized spacial score (nSPS) is 17.7. The van der Waals surface area contributed by atoms with Crippen molar-refractivity contribution in [2.75, 3.05) is 0 Å². The summed E-state index contributed by atoms with van der Waals surface area (Å²) in [6, 6.07) is 0. The summed E-state index contributed by atoms with van der Waals surface area (Å²) in [5.74, 6) is -1.94. The summed E-state index contributed by atoms with van der Waals surface area (Å²) in [6.07, 6.45) is 3.34. The number of carboxylic acid groups (broad SMARTS) is 2. The summed E-state index contributed by atoms with van der Waals surface area (Å²) in [6.45, 7) is 0. The Labute approximate surface area is 107 Å². The first-order valence-corrected chi connectivity index (χ1v) is 4.03. The van der Waals surface area contributed by atoms with E-state index in [-0.39, 0.29) is 50.1 Å². The van der Waals surface area contributed by atoms with Crippen LogP contribution in [0, 0.1) is 11.8 Å². The van der Waals surface area contributed by atoms with Crippen molar-refractivity contribution in [3.8, 4) is 0 Å². The fourth-order valence-electron chi connectivity index (χ4n) is 0.638. The van der Waals surface area contributed by atoms with Gasteiger partial charge in [-0.3, -0.25) is 0 Å². The number of carboxylic acids is 2. The Kier molecular flexibility index (Phi) is 8.74. The SMILES string of the molecule is O=C([O-])C1CC1.O=C([O-])C1CC1.[Cl-].[In+3]. The van der Waals surface area contributed by atoms with E-state index in [9.17, 15) is 19.8 Å². The molecule has 2 rings (SSSR count). The molecular weight excluding hydrogens is 310 g/mol. The van der Waals surface area contributed by atoms with Crippen molar-refractivity contribution in [2.24, 2.45) is 11.8 Å². The first kappa shape index (κ1) is 16.5. The molecule has 0 heterocycles. The molecule has 2 saturated carbocycles. The predicted octanol–water partition coefficient (Wildman–Crippen LogP) is -5.08. The summed E-state index contributed by atoms with van der Waals surface area (Å²) in [5.41, 5.74) is 0. The van der Waals surface area contributed by atoms with Crippen LogP contribution in [0.5, 0.6) is 0 Å². The van der Waals surface area contributed by atoms with Gasteiger partial charge in [0.15, 0.2) is 0 Å². The quantitative estimate of drug-likeness (QED) is 0.510. The minimum atomic E-state index is -0.880. The predicted molar refractivity (Wildman–Crippen MR) is 41.2 cm³/mol. The van der Waals surface area contributed by atoms with Crippen molar-refractivity contribution < 1.29 is 32.2 Å². The van der Waals surface area contributed by atoms with E-state index in [1.165, 1.54) is 0 Å². The molecular formula is C8H10ClInO4. The minimum absolute atomic E-state index is 0. The molecule has 0 bridgehead atoms. The number of hydrogen-bond acceptors (Lipinski definition) is 4. The van der Waals surface area contributed by atoms with E-state index in [4.69, 9.17) is 0 Å². The van der Waals surface area contributed by atoms with Crippen LogP contribution in [0.2, 0.25) is 0 Å². The maximum Gasteiger partial charge on any atom is 3.00 e. The van der Waals surface area contributed by atoms with Crippen LogP contribution in [0.3, 0.4) is 0 Å². The van der Waals surface area contributed by atoms with Crippen LogP contribution in [0.25, 0.3) is 0 Å².